The molecule has 1 aliphatic carbocycles. The molecule has 0 aromatic carbocycles. The van der Waals surface area contributed by atoms with Crippen LogP contribution < -0.4 is 0 Å². The van der Waals surface area contributed by atoms with Gasteiger partial charge in [-0.1, -0.05) is 12.2 Å². The number of hydrogen-bond donors (Lipinski definition) is 0. The highest BCUT2D eigenvalue weighted by molar-refractivity contribution is 6.21. The van der Waals surface area contributed by atoms with E-state index in [-0.39, 0.29) is 11.3 Å². The van der Waals surface area contributed by atoms with Gasteiger partial charge in [0.05, 0.1) is 17.4 Å². The molecule has 1 nitrogen and oxygen atoms in total. The van der Waals surface area contributed by atoms with Crippen molar-refractivity contribution in [3.8, 4) is 6.07 Å². The minimum Gasteiger partial charge on any atom is -0.198 e. The zero-order valence-electron chi connectivity index (χ0n) is 5.81. The Morgan fingerprint density at radius 3 is 2.90 bits per heavy atom. The Morgan fingerprint density at radius 2 is 2.40 bits per heavy atom. The van der Waals surface area contributed by atoms with Crippen LogP contribution in [0.1, 0.15) is 19.3 Å². The van der Waals surface area contributed by atoms with E-state index in [9.17, 15) is 0 Å². The van der Waals surface area contributed by atoms with E-state index >= 15 is 0 Å². The van der Waals surface area contributed by atoms with Crippen LogP contribution in [0, 0.1) is 17.2 Å². The third-order valence-corrected chi connectivity index (χ3v) is 2.35. The normalized spacial score (nSPS) is 33.4. The molecule has 54 valence electrons. The molecule has 0 radical (unpaired) electrons. The first-order chi connectivity index (χ1) is 4.74. The van der Waals surface area contributed by atoms with E-state index in [4.69, 9.17) is 16.9 Å². The number of nitrogens with zero attached hydrogens (tertiary/aromatic N) is 1. The van der Waals surface area contributed by atoms with Crippen LogP contribution in [0.25, 0.3) is 0 Å². The minimum atomic E-state index is 0.00579. The second-order valence-electron chi connectivity index (χ2n) is 2.74. The van der Waals surface area contributed by atoms with Gasteiger partial charge in [0.15, 0.2) is 0 Å². The zero-order chi connectivity index (χ0) is 7.56. The number of rotatable bonds is 0. The lowest BCUT2D eigenvalue weighted by Crippen LogP contribution is -2.18. The van der Waals surface area contributed by atoms with E-state index in [1.807, 2.05) is 0 Å². The van der Waals surface area contributed by atoms with Crippen LogP contribution in [0.2, 0.25) is 0 Å². The summed E-state index contributed by atoms with van der Waals surface area (Å²) in [5.74, 6) is 0.0483. The second kappa shape index (κ2) is 3.07. The van der Waals surface area contributed by atoms with E-state index in [1.54, 1.807) is 0 Å². The highest BCUT2D eigenvalue weighted by atomic mass is 35.5. The molecule has 10 heavy (non-hydrogen) atoms. The van der Waals surface area contributed by atoms with Crippen LogP contribution in [0.15, 0.2) is 12.2 Å². The predicted octanol–water partition coefficient (Wildman–Crippen LogP) is 2.47. The lowest BCUT2D eigenvalue weighted by molar-refractivity contribution is 0.506. The molecular weight excluding hydrogens is 146 g/mol. The van der Waals surface area contributed by atoms with Crippen LogP contribution in [0.5, 0.6) is 0 Å². The van der Waals surface area contributed by atoms with Gasteiger partial charge < -0.3 is 0 Å². The van der Waals surface area contributed by atoms with Crippen LogP contribution in [0.4, 0.5) is 0 Å². The maximum absolute atomic E-state index is 8.58. The molecule has 0 saturated heterocycles. The Hall–Kier alpha value is -0.480. The van der Waals surface area contributed by atoms with E-state index in [1.165, 1.54) is 5.57 Å². The van der Waals surface area contributed by atoms with Crippen molar-refractivity contribution in [1.82, 2.24) is 0 Å². The van der Waals surface area contributed by atoms with Crippen molar-refractivity contribution in [2.24, 2.45) is 5.92 Å². The maximum atomic E-state index is 8.58. The number of halogens is 1. The second-order valence-corrected chi connectivity index (χ2v) is 3.30. The van der Waals surface area contributed by atoms with Crippen LogP contribution in [-0.4, -0.2) is 5.38 Å². The lowest BCUT2D eigenvalue weighted by atomic mass is 9.87. The van der Waals surface area contributed by atoms with Gasteiger partial charge in [0.1, 0.15) is 0 Å². The van der Waals surface area contributed by atoms with E-state index < -0.39 is 0 Å². The fraction of sp³-hybridized carbons (Fsp3) is 0.625. The monoisotopic (exact) mass is 155 g/mol. The van der Waals surface area contributed by atoms with Crippen LogP contribution in [0.3, 0.4) is 0 Å². The Balaban J connectivity index is 2.53. The molecule has 0 aromatic heterocycles. The van der Waals surface area contributed by atoms with E-state index in [0.717, 1.165) is 19.3 Å². The summed E-state index contributed by atoms with van der Waals surface area (Å²) in [6, 6.07) is 2.20. The fourth-order valence-corrected chi connectivity index (χ4v) is 1.61. The number of nitriles is 1. The minimum absolute atomic E-state index is 0.00579. The van der Waals surface area contributed by atoms with Crippen molar-refractivity contribution in [1.29, 1.82) is 5.26 Å². The zero-order valence-corrected chi connectivity index (χ0v) is 6.56. The SMILES string of the molecule is C=C1CCC(C#N)C(Cl)C1. The van der Waals surface area contributed by atoms with Gasteiger partial charge in [0, 0.05) is 0 Å². The molecule has 0 amide bonds. The summed E-state index contributed by atoms with van der Waals surface area (Å²) in [4.78, 5) is 0. The first kappa shape index (κ1) is 7.63. The Morgan fingerprint density at radius 1 is 1.70 bits per heavy atom. The molecule has 0 aliphatic heterocycles. The smallest absolute Gasteiger partial charge is 0.0671 e. The largest absolute Gasteiger partial charge is 0.198 e. The molecule has 0 bridgehead atoms. The molecule has 2 heteroatoms. The summed E-state index contributed by atoms with van der Waals surface area (Å²) in [5, 5.41) is 8.59. The molecule has 1 saturated carbocycles. The summed E-state index contributed by atoms with van der Waals surface area (Å²) in [7, 11) is 0. The van der Waals surface area contributed by atoms with Gasteiger partial charge in [-0.15, -0.1) is 11.6 Å². The van der Waals surface area contributed by atoms with Crippen molar-refractivity contribution in [2.45, 2.75) is 24.6 Å². The van der Waals surface area contributed by atoms with Gasteiger partial charge >= 0.3 is 0 Å². The summed E-state index contributed by atoms with van der Waals surface area (Å²) >= 11 is 5.89. The van der Waals surface area contributed by atoms with Crippen molar-refractivity contribution in [3.05, 3.63) is 12.2 Å². The van der Waals surface area contributed by atoms with E-state index in [2.05, 4.69) is 12.6 Å². The van der Waals surface area contributed by atoms with E-state index in [0.29, 0.717) is 0 Å². The summed E-state index contributed by atoms with van der Waals surface area (Å²) < 4.78 is 0. The van der Waals surface area contributed by atoms with Crippen LogP contribution in [-0.2, 0) is 0 Å². The van der Waals surface area contributed by atoms with Gasteiger partial charge in [-0.05, 0) is 19.3 Å². The number of allylic oxidation sites excluding steroid dienone is 1. The summed E-state index contributed by atoms with van der Waals surface area (Å²) in [6.45, 7) is 3.84. The third-order valence-electron chi connectivity index (χ3n) is 1.89. The predicted molar refractivity (Wildman–Crippen MR) is 41.7 cm³/mol. The standard InChI is InChI=1S/C8H10ClN/c1-6-2-3-7(5-10)8(9)4-6/h7-8H,1-4H2. The molecular formula is C8H10ClN. The van der Waals surface area contributed by atoms with Gasteiger partial charge in [-0.3, -0.25) is 0 Å². The topological polar surface area (TPSA) is 23.8 Å². The molecule has 1 aliphatic rings. The Kier molecular flexibility index (Phi) is 2.34. The molecule has 1 rings (SSSR count). The molecule has 1 fully saturated rings. The fourth-order valence-electron chi connectivity index (χ4n) is 1.21. The highest BCUT2D eigenvalue weighted by Gasteiger charge is 2.24. The maximum Gasteiger partial charge on any atom is 0.0671 e. The number of hydrogen-bond acceptors (Lipinski definition) is 1. The molecule has 0 aromatic rings. The van der Waals surface area contributed by atoms with Gasteiger partial charge in [-0.25, -0.2) is 0 Å². The van der Waals surface area contributed by atoms with Gasteiger partial charge in [0.2, 0.25) is 0 Å². The summed E-state index contributed by atoms with van der Waals surface area (Å²) in [6.07, 6.45) is 2.69. The molecule has 0 N–H and O–H groups in total. The molecule has 2 atom stereocenters. The molecule has 0 heterocycles. The van der Waals surface area contributed by atoms with Crippen molar-refractivity contribution >= 4 is 11.6 Å². The molecule has 2 unspecified atom stereocenters. The van der Waals surface area contributed by atoms with Gasteiger partial charge in [0.25, 0.3) is 0 Å². The number of alkyl halides is 1. The average molecular weight is 156 g/mol. The van der Waals surface area contributed by atoms with Crippen molar-refractivity contribution < 1.29 is 0 Å². The summed E-state index contributed by atoms with van der Waals surface area (Å²) in [5.41, 5.74) is 1.19. The quantitative estimate of drug-likeness (QED) is 0.390. The average Bonchev–Trinajstić information content (AvgIpc) is 1.88. The van der Waals surface area contributed by atoms with Crippen molar-refractivity contribution in [3.63, 3.8) is 0 Å². The molecule has 0 spiro atoms. The Bertz CT molecular complexity index is 180. The lowest BCUT2D eigenvalue weighted by Gasteiger charge is -2.22. The van der Waals surface area contributed by atoms with Crippen LogP contribution >= 0.6 is 11.6 Å². The van der Waals surface area contributed by atoms with Gasteiger partial charge in [-0.2, -0.15) is 5.26 Å². The highest BCUT2D eigenvalue weighted by Crippen LogP contribution is 2.30. The first-order valence-corrected chi connectivity index (χ1v) is 3.88. The Labute approximate surface area is 66.3 Å². The third kappa shape index (κ3) is 1.52. The van der Waals surface area contributed by atoms with Crippen molar-refractivity contribution in [2.75, 3.05) is 0 Å². The first-order valence-electron chi connectivity index (χ1n) is 3.44.